The van der Waals surface area contributed by atoms with E-state index in [1.807, 2.05) is 13.8 Å². The van der Waals surface area contributed by atoms with Gasteiger partial charge in [-0.2, -0.15) is 0 Å². The van der Waals surface area contributed by atoms with Gasteiger partial charge >= 0.3 is 0 Å². The molecular formula is C8H8OWY-2. The van der Waals surface area contributed by atoms with E-state index in [1.165, 1.54) is 0 Å². The fourth-order valence-corrected chi connectivity index (χ4v) is 0.796. The second kappa shape index (κ2) is 6.34. The summed E-state index contributed by atoms with van der Waals surface area (Å²) >= 11 is 0. The van der Waals surface area contributed by atoms with Gasteiger partial charge in [-0.05, 0) is 0 Å². The van der Waals surface area contributed by atoms with Gasteiger partial charge in [0.2, 0.25) is 0 Å². The third-order valence-corrected chi connectivity index (χ3v) is 1.05. The van der Waals surface area contributed by atoms with Gasteiger partial charge in [0.05, 0.1) is 0 Å². The van der Waals surface area contributed by atoms with E-state index in [1.54, 1.807) is 6.07 Å². The number of aryl methyl sites for hydroxylation is 2. The molecule has 0 fully saturated rings. The second-order valence-corrected chi connectivity index (χ2v) is 2.09. The molecule has 1 aromatic carbocycles. The van der Waals surface area contributed by atoms with Gasteiger partial charge in [0, 0.05) is 53.8 Å². The number of hydrogen-bond acceptors (Lipinski definition) is 1. The molecule has 0 unspecified atom stereocenters. The van der Waals surface area contributed by atoms with E-state index in [2.05, 4.69) is 12.1 Å². The Balaban J connectivity index is 0. The van der Waals surface area contributed by atoms with Crippen LogP contribution in [0.5, 0.6) is 5.75 Å². The molecule has 0 aliphatic heterocycles. The molecule has 1 N–H and O–H groups in total. The molecule has 0 saturated carbocycles. The van der Waals surface area contributed by atoms with Crippen molar-refractivity contribution in [3.63, 3.8) is 0 Å². The van der Waals surface area contributed by atoms with Gasteiger partial charge in [-0.3, -0.25) is 11.1 Å². The first kappa shape index (κ1) is 14.3. The van der Waals surface area contributed by atoms with Crippen LogP contribution in [0.3, 0.4) is 0 Å². The number of benzene rings is 1. The molecule has 57 valence electrons. The molecule has 1 aromatic rings. The molecule has 1 radical (unpaired) electrons. The van der Waals surface area contributed by atoms with Crippen molar-refractivity contribution in [1.29, 1.82) is 0 Å². The van der Waals surface area contributed by atoms with Gasteiger partial charge in [-0.25, -0.2) is 6.07 Å². The number of phenolic OH excluding ortho intramolecular Hbond substituents is 1. The maximum Gasteiger partial charge on any atom is 0 e. The van der Waals surface area contributed by atoms with E-state index in [9.17, 15) is 0 Å². The summed E-state index contributed by atoms with van der Waals surface area (Å²) in [5.74, 6) is 0.198. The number of hydrogen-bond donors (Lipinski definition) is 1. The molecule has 0 aromatic heterocycles. The quantitative estimate of drug-likeness (QED) is 0.665. The Kier molecular flexibility index (Phi) is 8.27. The van der Waals surface area contributed by atoms with Gasteiger partial charge in [0.1, 0.15) is 0 Å². The van der Waals surface area contributed by atoms with Crippen molar-refractivity contribution in [2.24, 2.45) is 0 Å². The topological polar surface area (TPSA) is 20.2 Å². The molecule has 1 rings (SSSR count). The standard InChI is InChI=1S/C8H8O.W.Y/c1-6-3-7(2)5-8(9)4-6;;/h4,9H,1-2H3;;/q-2;;. The Morgan fingerprint density at radius 3 is 2.18 bits per heavy atom. The summed E-state index contributed by atoms with van der Waals surface area (Å²) in [4.78, 5) is 0. The fraction of sp³-hybridized carbons (Fsp3) is 0.250. The monoisotopic (exact) mass is 393 g/mol. The summed E-state index contributed by atoms with van der Waals surface area (Å²) < 4.78 is 0. The van der Waals surface area contributed by atoms with Crippen molar-refractivity contribution in [3.05, 3.63) is 29.3 Å². The van der Waals surface area contributed by atoms with Crippen molar-refractivity contribution < 1.29 is 58.9 Å². The summed E-state index contributed by atoms with van der Waals surface area (Å²) in [5, 5.41) is 8.92. The first-order chi connectivity index (χ1) is 4.18. The van der Waals surface area contributed by atoms with E-state index in [-0.39, 0.29) is 59.5 Å². The van der Waals surface area contributed by atoms with Crippen molar-refractivity contribution in [3.8, 4) is 5.75 Å². The molecule has 0 bridgehead atoms. The zero-order chi connectivity index (χ0) is 6.85. The maximum absolute atomic E-state index is 8.92. The van der Waals surface area contributed by atoms with Gasteiger partial charge in [-0.15, -0.1) is 5.75 Å². The van der Waals surface area contributed by atoms with Crippen LogP contribution >= 0.6 is 0 Å². The van der Waals surface area contributed by atoms with Crippen molar-refractivity contribution in [2.45, 2.75) is 13.8 Å². The third-order valence-electron chi connectivity index (χ3n) is 1.05. The van der Waals surface area contributed by atoms with Crippen LogP contribution in [-0.2, 0) is 53.8 Å². The maximum atomic E-state index is 8.92. The van der Waals surface area contributed by atoms with E-state index >= 15 is 0 Å². The SMILES string of the molecule is Cc1[c-]c(C)cc(O)[c-]1.[W].[Y]. The van der Waals surface area contributed by atoms with Crippen molar-refractivity contribution >= 4 is 0 Å². The summed E-state index contributed by atoms with van der Waals surface area (Å²) in [6, 6.07) is 7.34. The Morgan fingerprint density at radius 1 is 1.27 bits per heavy atom. The second-order valence-electron chi connectivity index (χ2n) is 2.09. The van der Waals surface area contributed by atoms with Gasteiger partial charge < -0.3 is 17.2 Å². The molecule has 0 aliphatic carbocycles. The largest absolute Gasteiger partial charge is 0.558 e. The molecular weight excluding hydrogens is 385 g/mol. The minimum atomic E-state index is 0. The normalized spacial score (nSPS) is 7.82. The van der Waals surface area contributed by atoms with E-state index in [0.717, 1.165) is 11.1 Å². The van der Waals surface area contributed by atoms with Gasteiger partial charge in [0.15, 0.2) is 0 Å². The average molecular weight is 393 g/mol. The van der Waals surface area contributed by atoms with Crippen LogP contribution in [0, 0.1) is 26.0 Å². The third kappa shape index (κ3) is 5.11. The van der Waals surface area contributed by atoms with E-state index in [0.29, 0.717) is 0 Å². The smallest absolute Gasteiger partial charge is 0 e. The van der Waals surface area contributed by atoms with E-state index in [4.69, 9.17) is 5.11 Å². The van der Waals surface area contributed by atoms with Crippen molar-refractivity contribution in [2.75, 3.05) is 0 Å². The van der Waals surface area contributed by atoms with E-state index < -0.39 is 0 Å². The van der Waals surface area contributed by atoms with Crippen molar-refractivity contribution in [1.82, 2.24) is 0 Å². The van der Waals surface area contributed by atoms with Crippen LogP contribution in [0.4, 0.5) is 0 Å². The molecule has 3 heteroatoms. The van der Waals surface area contributed by atoms with Crippen LogP contribution in [0.1, 0.15) is 11.1 Å². The zero-order valence-electron chi connectivity index (χ0n) is 6.51. The molecule has 0 heterocycles. The molecule has 0 saturated heterocycles. The average Bonchev–Trinajstić information content (AvgIpc) is 1.59. The molecule has 0 atom stereocenters. The minimum Gasteiger partial charge on any atom is -0.558 e. The first-order valence-corrected chi connectivity index (χ1v) is 2.80. The van der Waals surface area contributed by atoms with Crippen LogP contribution in [0.2, 0.25) is 0 Å². The minimum absolute atomic E-state index is 0. The Bertz CT molecular complexity index is 175. The number of aromatic hydroxyl groups is 1. The predicted molar refractivity (Wildman–Crippen MR) is 35.3 cm³/mol. The summed E-state index contributed by atoms with van der Waals surface area (Å²) in [6.45, 7) is 3.74. The van der Waals surface area contributed by atoms with Crippen LogP contribution in [0.25, 0.3) is 0 Å². The fourth-order valence-electron chi connectivity index (χ4n) is 0.796. The predicted octanol–water partition coefficient (Wildman–Crippen LogP) is 1.60. The molecule has 0 aliphatic rings. The summed E-state index contributed by atoms with van der Waals surface area (Å²) in [6.07, 6.45) is 0. The number of rotatable bonds is 0. The molecule has 0 spiro atoms. The molecule has 1 nitrogen and oxygen atoms in total. The van der Waals surface area contributed by atoms with Gasteiger partial charge in [-0.1, -0.05) is 13.8 Å². The zero-order valence-corrected chi connectivity index (χ0v) is 12.3. The number of phenols is 1. The Hall–Kier alpha value is 0.812. The Morgan fingerprint density at radius 2 is 1.82 bits per heavy atom. The van der Waals surface area contributed by atoms with Crippen LogP contribution in [-0.4, -0.2) is 5.11 Å². The van der Waals surface area contributed by atoms with Crippen LogP contribution < -0.4 is 0 Å². The molecule has 0 amide bonds. The summed E-state index contributed by atoms with van der Waals surface area (Å²) in [7, 11) is 0. The van der Waals surface area contributed by atoms with Crippen LogP contribution in [0.15, 0.2) is 6.07 Å². The van der Waals surface area contributed by atoms with Gasteiger partial charge in [0.25, 0.3) is 0 Å². The summed E-state index contributed by atoms with van der Waals surface area (Å²) in [5.41, 5.74) is 1.80. The Labute approximate surface area is 107 Å². The molecule has 11 heavy (non-hydrogen) atoms. The first-order valence-electron chi connectivity index (χ1n) is 2.80.